The highest BCUT2D eigenvalue weighted by Crippen LogP contribution is 2.39. The summed E-state index contributed by atoms with van der Waals surface area (Å²) in [7, 11) is 0. The molecule has 1 aromatic carbocycles. The maximum Gasteiger partial charge on any atom is 0.253 e. The number of rotatable bonds is 17. The number of unbranched alkanes of at least 4 members (excludes halogenated alkanes) is 1. The van der Waals surface area contributed by atoms with Crippen molar-refractivity contribution >= 4 is 41.9 Å². The van der Waals surface area contributed by atoms with Crippen molar-refractivity contribution in [1.82, 2.24) is 20.5 Å². The van der Waals surface area contributed by atoms with Crippen molar-refractivity contribution in [3.63, 3.8) is 0 Å². The van der Waals surface area contributed by atoms with Crippen LogP contribution in [0.15, 0.2) is 49.2 Å². The molecule has 0 radical (unpaired) electrons. The molecule has 3 unspecified atom stereocenters. The lowest BCUT2D eigenvalue weighted by Crippen LogP contribution is -2.55. The Morgan fingerprint density at radius 3 is 2.02 bits per heavy atom. The lowest BCUT2D eigenvalue weighted by atomic mass is 9.69. The van der Waals surface area contributed by atoms with E-state index in [2.05, 4.69) is 82.1 Å². The molecule has 1 aliphatic carbocycles. The zero-order valence-electron chi connectivity index (χ0n) is 39.2. The number of likely N-dealkylation sites (tertiary alicyclic amines) is 1. The number of nitrogens with one attached hydrogen (secondary N) is 2. The van der Waals surface area contributed by atoms with Gasteiger partial charge in [-0.2, -0.15) is 0 Å². The lowest BCUT2D eigenvalue weighted by Gasteiger charge is -2.42. The Morgan fingerprint density at radius 2 is 1.54 bits per heavy atom. The van der Waals surface area contributed by atoms with Crippen molar-refractivity contribution in [2.24, 2.45) is 34.6 Å². The average molecular weight is 827 g/mol. The van der Waals surface area contributed by atoms with Gasteiger partial charge in [-0.25, -0.2) is 0 Å². The Kier molecular flexibility index (Phi) is 36.8. The first-order valence-corrected chi connectivity index (χ1v) is 22.3. The number of benzene rings is 1. The number of allylic oxidation sites excluding steroid dienone is 1. The van der Waals surface area contributed by atoms with Crippen LogP contribution in [0.3, 0.4) is 0 Å². The Balaban J connectivity index is -0.000000987. The summed E-state index contributed by atoms with van der Waals surface area (Å²) in [4.78, 5) is 60.9. The molecule has 0 spiro atoms. The van der Waals surface area contributed by atoms with E-state index >= 15 is 0 Å². The standard InChI is InChI=1S/C28H41N3O2.C10H17NO.C4H10.2C2H6.2CH3NO/c1-6-8-16-28(5,15-7-2)25(21(4)27(33)31-17-11-12-20(31)3)30-26(32)23-18-22-13-9-10-14-24(22)29-19-23;1-2-3-4-10(11-8-12)7-9-5-6-9;1-4(2)3;2*1-2;2*2-1-3/h9-10,13-14,18-21,25H,6-8,11-12,15-17H2,1-5H3,(H,30,32);2,8-10H,1,3-7H2,(H,11,12);4H,1-3H3;2*1-2H3;2*1H,(H2,2,3)/t20?,21-,25?,28+;;;;;;/m1....../s1. The van der Waals surface area contributed by atoms with Gasteiger partial charge in [0.15, 0.2) is 0 Å². The van der Waals surface area contributed by atoms with E-state index < -0.39 is 0 Å². The number of primary amides is 2. The fourth-order valence-corrected chi connectivity index (χ4v) is 7.02. The number of fused-ring (bicyclic) bond motifs is 1. The number of nitrogens with zero attached hydrogens (tertiary/aromatic N) is 2. The third-order valence-corrected chi connectivity index (χ3v) is 9.88. The molecule has 6 N–H and O–H groups in total. The largest absolute Gasteiger partial charge is 0.372 e. The molecule has 5 amide bonds. The van der Waals surface area contributed by atoms with Crippen LogP contribution in [0.5, 0.6) is 0 Å². The van der Waals surface area contributed by atoms with Crippen LogP contribution in [0.4, 0.5) is 0 Å². The van der Waals surface area contributed by atoms with Crippen molar-refractivity contribution in [3.05, 3.63) is 54.7 Å². The third kappa shape index (κ3) is 25.7. The van der Waals surface area contributed by atoms with E-state index in [9.17, 15) is 14.4 Å². The monoisotopic (exact) mass is 827 g/mol. The van der Waals surface area contributed by atoms with Gasteiger partial charge < -0.3 is 27.0 Å². The van der Waals surface area contributed by atoms with Crippen LogP contribution in [-0.4, -0.2) is 65.6 Å². The van der Waals surface area contributed by atoms with Gasteiger partial charge in [0, 0.05) is 36.3 Å². The second-order valence-electron chi connectivity index (χ2n) is 15.7. The number of amides is 5. The van der Waals surface area contributed by atoms with E-state index in [1.807, 2.05) is 75.9 Å². The quantitative estimate of drug-likeness (QED) is 0.0911. The predicted molar refractivity (Wildman–Crippen MR) is 249 cm³/mol. The number of pyridine rings is 1. The van der Waals surface area contributed by atoms with E-state index in [1.165, 1.54) is 12.8 Å². The topological polar surface area (TPSA) is 178 Å². The van der Waals surface area contributed by atoms with E-state index in [0.717, 1.165) is 99.9 Å². The molecule has 59 heavy (non-hydrogen) atoms. The van der Waals surface area contributed by atoms with Gasteiger partial charge in [-0.3, -0.25) is 29.0 Å². The first-order valence-electron chi connectivity index (χ1n) is 22.3. The number of aromatic nitrogens is 1. The van der Waals surface area contributed by atoms with Crippen molar-refractivity contribution in [1.29, 1.82) is 0 Å². The summed E-state index contributed by atoms with van der Waals surface area (Å²) in [6, 6.07) is 10.1. The SMILES string of the molecule is C=CCCC(CC1CC1)NC=O.CC.CC.CC(C)C.CCCC[C@](C)(CCC)C(NC(=O)c1cnc2ccccc2c1)[C@@H](C)C(=O)N1CCCC1C.NC=O.NC=O. The lowest BCUT2D eigenvalue weighted by molar-refractivity contribution is -0.137. The Bertz CT molecular complexity index is 1390. The molecule has 2 heterocycles. The molecule has 5 atom stereocenters. The van der Waals surface area contributed by atoms with Gasteiger partial charge in [0.1, 0.15) is 0 Å². The average Bonchev–Trinajstić information content (AvgIpc) is 3.95. The molecule has 1 saturated heterocycles. The molecule has 2 aliphatic rings. The number of carbonyl (C=O) groups is 5. The number of hydrogen-bond donors (Lipinski definition) is 4. The van der Waals surface area contributed by atoms with E-state index in [4.69, 9.17) is 9.59 Å². The molecular weight excluding hydrogens is 741 g/mol. The van der Waals surface area contributed by atoms with Crippen molar-refractivity contribution in [3.8, 4) is 0 Å². The second-order valence-corrected chi connectivity index (χ2v) is 15.7. The van der Waals surface area contributed by atoms with Gasteiger partial charge in [-0.1, -0.05) is 133 Å². The zero-order chi connectivity index (χ0) is 45.8. The Hall–Kier alpha value is -4.28. The van der Waals surface area contributed by atoms with E-state index in [0.29, 0.717) is 11.6 Å². The van der Waals surface area contributed by atoms with Gasteiger partial charge >= 0.3 is 0 Å². The summed E-state index contributed by atoms with van der Waals surface area (Å²) in [5, 5.41) is 7.13. The summed E-state index contributed by atoms with van der Waals surface area (Å²) in [6.07, 6.45) is 18.1. The molecule has 4 rings (SSSR count). The summed E-state index contributed by atoms with van der Waals surface area (Å²) >= 11 is 0. The second kappa shape index (κ2) is 36.8. The normalized spacial score (nSPS) is 16.0. The van der Waals surface area contributed by atoms with Crippen molar-refractivity contribution < 1.29 is 24.0 Å². The molecule has 1 saturated carbocycles. The minimum absolute atomic E-state index is 0.147. The minimum Gasteiger partial charge on any atom is -0.372 e. The summed E-state index contributed by atoms with van der Waals surface area (Å²) in [5.41, 5.74) is 9.60. The predicted octanol–water partition coefficient (Wildman–Crippen LogP) is 9.76. The van der Waals surface area contributed by atoms with Crippen molar-refractivity contribution in [2.45, 2.75) is 178 Å². The smallest absolute Gasteiger partial charge is 0.253 e. The van der Waals surface area contributed by atoms with Gasteiger partial charge in [-0.15, -0.1) is 6.58 Å². The van der Waals surface area contributed by atoms with Crippen LogP contribution in [-0.2, 0) is 19.2 Å². The third-order valence-electron chi connectivity index (χ3n) is 9.88. The fourth-order valence-electron chi connectivity index (χ4n) is 7.02. The van der Waals surface area contributed by atoms with Crippen LogP contribution in [0.2, 0.25) is 0 Å². The highest BCUT2D eigenvalue weighted by atomic mass is 16.2. The molecular formula is C48H86N6O5. The fraction of sp³-hybridized carbons (Fsp3) is 0.667. The first-order chi connectivity index (χ1) is 28.2. The van der Waals surface area contributed by atoms with Gasteiger partial charge in [0.05, 0.1) is 17.0 Å². The molecule has 11 nitrogen and oxygen atoms in total. The summed E-state index contributed by atoms with van der Waals surface area (Å²) < 4.78 is 0. The first kappa shape index (κ1) is 59.0. The van der Waals surface area contributed by atoms with Crippen LogP contribution in [0.1, 0.15) is 170 Å². The van der Waals surface area contributed by atoms with Gasteiger partial charge in [0.25, 0.3) is 5.91 Å². The molecule has 11 heteroatoms. The van der Waals surface area contributed by atoms with Crippen LogP contribution in [0, 0.1) is 23.2 Å². The van der Waals surface area contributed by atoms with Crippen LogP contribution >= 0.6 is 0 Å². The van der Waals surface area contributed by atoms with E-state index in [1.54, 1.807) is 6.20 Å². The molecule has 1 aliphatic heterocycles. The van der Waals surface area contributed by atoms with Gasteiger partial charge in [-0.05, 0) is 81.3 Å². The van der Waals surface area contributed by atoms with Crippen LogP contribution in [0.25, 0.3) is 10.9 Å². The van der Waals surface area contributed by atoms with E-state index in [-0.39, 0.29) is 48.1 Å². The number of para-hydroxylation sites is 1. The highest BCUT2D eigenvalue weighted by molar-refractivity contribution is 5.97. The number of carbonyl (C=O) groups excluding carboxylic acids is 5. The molecule has 338 valence electrons. The minimum atomic E-state index is -0.281. The molecule has 1 aromatic heterocycles. The van der Waals surface area contributed by atoms with Crippen molar-refractivity contribution in [2.75, 3.05) is 6.54 Å². The van der Waals surface area contributed by atoms with Crippen LogP contribution < -0.4 is 22.1 Å². The zero-order valence-corrected chi connectivity index (χ0v) is 39.2. The maximum absolute atomic E-state index is 13.6. The maximum atomic E-state index is 13.6. The molecule has 0 bridgehead atoms. The highest BCUT2D eigenvalue weighted by Gasteiger charge is 2.42. The number of hydrogen-bond acceptors (Lipinski definition) is 6. The Morgan fingerprint density at radius 1 is 0.966 bits per heavy atom. The number of nitrogens with two attached hydrogens (primary N) is 2. The summed E-state index contributed by atoms with van der Waals surface area (Å²) in [5.74, 6) is 1.45. The Labute approximate surface area is 359 Å². The summed E-state index contributed by atoms with van der Waals surface area (Å²) in [6.45, 7) is 29.8. The molecule has 2 fully saturated rings. The van der Waals surface area contributed by atoms with Gasteiger partial charge in [0.2, 0.25) is 25.1 Å². The molecule has 2 aromatic rings.